The van der Waals surface area contributed by atoms with E-state index in [9.17, 15) is 9.59 Å². The molecule has 2 aromatic carbocycles. The van der Waals surface area contributed by atoms with Crippen molar-refractivity contribution in [3.8, 4) is 5.75 Å². The molecule has 0 spiro atoms. The van der Waals surface area contributed by atoms with Gasteiger partial charge in [0.25, 0.3) is 0 Å². The van der Waals surface area contributed by atoms with Gasteiger partial charge in [-0.25, -0.2) is 0 Å². The fourth-order valence-electron chi connectivity index (χ4n) is 2.65. The van der Waals surface area contributed by atoms with Crippen molar-refractivity contribution in [2.24, 2.45) is 0 Å². The van der Waals surface area contributed by atoms with E-state index in [4.69, 9.17) is 10.5 Å². The van der Waals surface area contributed by atoms with Gasteiger partial charge in [0.1, 0.15) is 5.75 Å². The van der Waals surface area contributed by atoms with Crippen molar-refractivity contribution < 1.29 is 14.3 Å². The number of anilines is 2. The van der Waals surface area contributed by atoms with Gasteiger partial charge >= 0.3 is 0 Å². The molecule has 0 aliphatic rings. The predicted octanol–water partition coefficient (Wildman–Crippen LogP) is 4.22. The number of unbranched alkanes of at least 4 members (excludes halogenated alkanes) is 1. The van der Waals surface area contributed by atoms with E-state index < -0.39 is 0 Å². The van der Waals surface area contributed by atoms with Crippen LogP contribution in [0.25, 0.3) is 0 Å². The number of carbonyl (C=O) groups is 2. The molecule has 3 N–H and O–H groups in total. The maximum Gasteiger partial charge on any atom is 0.224 e. The maximum absolute atomic E-state index is 12.2. The number of benzene rings is 2. The summed E-state index contributed by atoms with van der Waals surface area (Å²) in [4.78, 5) is 24.3. The zero-order valence-electron chi connectivity index (χ0n) is 15.4. The van der Waals surface area contributed by atoms with Gasteiger partial charge in [0.15, 0.2) is 5.78 Å². The third-order valence-corrected chi connectivity index (χ3v) is 4.19. The first-order valence-corrected chi connectivity index (χ1v) is 8.89. The Morgan fingerprint density at radius 2 is 1.81 bits per heavy atom. The molecule has 2 rings (SSSR count). The van der Waals surface area contributed by atoms with Gasteiger partial charge in [0.05, 0.1) is 12.8 Å². The quantitative estimate of drug-likeness (QED) is 0.522. The zero-order chi connectivity index (χ0) is 18.9. The average Bonchev–Trinajstić information content (AvgIpc) is 2.65. The number of ketones is 1. The van der Waals surface area contributed by atoms with Gasteiger partial charge in [0.2, 0.25) is 5.91 Å². The minimum absolute atomic E-state index is 0.0311. The second-order valence-corrected chi connectivity index (χ2v) is 6.23. The molecule has 0 saturated carbocycles. The first-order chi connectivity index (χ1) is 12.5. The minimum atomic E-state index is -0.220. The molecule has 0 aromatic heterocycles. The molecule has 0 unspecified atom stereocenters. The molecule has 0 radical (unpaired) electrons. The fraction of sp³-hybridized carbons (Fsp3) is 0.333. The van der Waals surface area contributed by atoms with Crippen LogP contribution in [-0.2, 0) is 11.2 Å². The summed E-state index contributed by atoms with van der Waals surface area (Å²) in [7, 11) is 1.53. The maximum atomic E-state index is 12.2. The number of Topliss-reactive ketones (excluding diaryl/α,β-unsaturated/α-hetero) is 1. The Kier molecular flexibility index (Phi) is 7.21. The van der Waals surface area contributed by atoms with Crippen molar-refractivity contribution in [3.05, 3.63) is 53.6 Å². The van der Waals surface area contributed by atoms with Crippen molar-refractivity contribution >= 4 is 23.1 Å². The Labute approximate surface area is 154 Å². The molecule has 1 amide bonds. The van der Waals surface area contributed by atoms with Gasteiger partial charge in [-0.05, 0) is 36.6 Å². The second kappa shape index (κ2) is 9.61. The lowest BCUT2D eigenvalue weighted by atomic mass is 10.0. The molecule has 138 valence electrons. The third-order valence-electron chi connectivity index (χ3n) is 4.19. The number of nitrogens with two attached hydrogens (primary N) is 1. The number of amides is 1. The lowest BCUT2D eigenvalue weighted by molar-refractivity contribution is -0.116. The second-order valence-electron chi connectivity index (χ2n) is 6.23. The first-order valence-electron chi connectivity index (χ1n) is 8.89. The monoisotopic (exact) mass is 354 g/mol. The van der Waals surface area contributed by atoms with Crippen LogP contribution in [0.5, 0.6) is 5.75 Å². The van der Waals surface area contributed by atoms with E-state index in [2.05, 4.69) is 12.2 Å². The molecule has 0 aliphatic carbocycles. The van der Waals surface area contributed by atoms with Crippen molar-refractivity contribution in [2.75, 3.05) is 18.2 Å². The van der Waals surface area contributed by atoms with E-state index in [1.165, 1.54) is 12.7 Å². The highest BCUT2D eigenvalue weighted by Crippen LogP contribution is 2.24. The van der Waals surface area contributed by atoms with E-state index in [1.807, 2.05) is 24.3 Å². The van der Waals surface area contributed by atoms with Crippen LogP contribution >= 0.6 is 0 Å². The van der Waals surface area contributed by atoms with Crippen molar-refractivity contribution in [1.82, 2.24) is 0 Å². The van der Waals surface area contributed by atoms with Gasteiger partial charge in [-0.3, -0.25) is 9.59 Å². The van der Waals surface area contributed by atoms with Gasteiger partial charge in [-0.15, -0.1) is 0 Å². The summed E-state index contributed by atoms with van der Waals surface area (Å²) in [5.74, 6) is 0.305. The van der Waals surface area contributed by atoms with E-state index in [1.54, 1.807) is 18.2 Å². The molecular weight excluding hydrogens is 328 g/mol. The lowest BCUT2D eigenvalue weighted by Crippen LogP contribution is -2.13. The van der Waals surface area contributed by atoms with E-state index in [0.29, 0.717) is 22.7 Å². The number of nitrogens with one attached hydrogen (secondary N) is 1. The van der Waals surface area contributed by atoms with Crippen LogP contribution in [0.15, 0.2) is 42.5 Å². The summed E-state index contributed by atoms with van der Waals surface area (Å²) in [5.41, 5.74) is 8.73. The molecule has 0 bridgehead atoms. The molecule has 5 heteroatoms. The molecule has 0 aliphatic heterocycles. The SMILES string of the molecule is CCCCc1ccc(C(=O)CCC(=O)Nc2ccc(OC)c(N)c2)cc1. The average molecular weight is 354 g/mol. The Morgan fingerprint density at radius 1 is 1.08 bits per heavy atom. The normalized spacial score (nSPS) is 10.4. The molecule has 0 heterocycles. The predicted molar refractivity (Wildman–Crippen MR) is 105 cm³/mol. The number of methoxy groups -OCH3 is 1. The molecule has 0 atom stereocenters. The zero-order valence-corrected chi connectivity index (χ0v) is 15.4. The Hall–Kier alpha value is -2.82. The summed E-state index contributed by atoms with van der Waals surface area (Å²) in [6.45, 7) is 2.16. The number of rotatable bonds is 9. The number of carbonyl (C=O) groups excluding carboxylic acids is 2. The van der Waals surface area contributed by atoms with E-state index in [0.717, 1.165) is 19.3 Å². The van der Waals surface area contributed by atoms with Crippen LogP contribution in [0.3, 0.4) is 0 Å². The summed E-state index contributed by atoms with van der Waals surface area (Å²) >= 11 is 0. The fourth-order valence-corrected chi connectivity index (χ4v) is 2.65. The number of nitrogen functional groups attached to an aromatic ring is 1. The number of hydrogen-bond donors (Lipinski definition) is 2. The van der Waals surface area contributed by atoms with Crippen molar-refractivity contribution in [1.29, 1.82) is 0 Å². The van der Waals surface area contributed by atoms with Crippen LogP contribution in [-0.4, -0.2) is 18.8 Å². The lowest BCUT2D eigenvalue weighted by Gasteiger charge is -2.09. The minimum Gasteiger partial charge on any atom is -0.495 e. The molecule has 0 saturated heterocycles. The highest BCUT2D eigenvalue weighted by atomic mass is 16.5. The topological polar surface area (TPSA) is 81.4 Å². The van der Waals surface area contributed by atoms with Crippen LogP contribution in [0, 0.1) is 0 Å². The van der Waals surface area contributed by atoms with Gasteiger partial charge in [-0.2, -0.15) is 0 Å². The van der Waals surface area contributed by atoms with Crippen molar-refractivity contribution in [3.63, 3.8) is 0 Å². The molecular formula is C21H26N2O3. The third kappa shape index (κ3) is 5.62. The smallest absolute Gasteiger partial charge is 0.224 e. The largest absolute Gasteiger partial charge is 0.495 e. The number of aryl methyl sites for hydroxylation is 1. The molecule has 5 nitrogen and oxygen atoms in total. The Balaban J connectivity index is 1.84. The summed E-state index contributed by atoms with van der Waals surface area (Å²) < 4.78 is 5.08. The van der Waals surface area contributed by atoms with Crippen molar-refractivity contribution in [2.45, 2.75) is 39.0 Å². The highest BCUT2D eigenvalue weighted by molar-refractivity contribution is 6.00. The van der Waals surface area contributed by atoms with Crippen LogP contribution in [0.2, 0.25) is 0 Å². The van der Waals surface area contributed by atoms with E-state index in [-0.39, 0.29) is 24.5 Å². The Morgan fingerprint density at radius 3 is 2.42 bits per heavy atom. The summed E-state index contributed by atoms with van der Waals surface area (Å²) in [6.07, 6.45) is 3.62. The van der Waals surface area contributed by atoms with Gasteiger partial charge in [-0.1, -0.05) is 37.6 Å². The summed E-state index contributed by atoms with van der Waals surface area (Å²) in [5, 5.41) is 2.75. The molecule has 26 heavy (non-hydrogen) atoms. The molecule has 2 aromatic rings. The number of ether oxygens (including phenoxy) is 1. The van der Waals surface area contributed by atoms with Gasteiger partial charge < -0.3 is 15.8 Å². The van der Waals surface area contributed by atoms with E-state index >= 15 is 0 Å². The van der Waals surface area contributed by atoms with Crippen LogP contribution < -0.4 is 15.8 Å². The van der Waals surface area contributed by atoms with Crippen LogP contribution in [0.4, 0.5) is 11.4 Å². The molecule has 0 fully saturated rings. The standard InChI is InChI=1S/C21H26N2O3/c1-3-4-5-15-6-8-16(9-7-15)19(24)11-13-21(25)23-17-10-12-20(26-2)18(22)14-17/h6-10,12,14H,3-5,11,13,22H2,1-2H3,(H,23,25). The Bertz CT molecular complexity index is 754. The van der Waals surface area contributed by atoms with Gasteiger partial charge in [0, 0.05) is 24.1 Å². The summed E-state index contributed by atoms with van der Waals surface area (Å²) in [6, 6.07) is 12.7. The van der Waals surface area contributed by atoms with Crippen LogP contribution in [0.1, 0.15) is 48.5 Å². The number of hydrogen-bond acceptors (Lipinski definition) is 4. The first kappa shape index (κ1) is 19.5. The highest BCUT2D eigenvalue weighted by Gasteiger charge is 2.10.